The topological polar surface area (TPSA) is 51.0 Å². The Morgan fingerprint density at radius 3 is 2.96 bits per heavy atom. The zero-order valence-corrected chi connectivity index (χ0v) is 14.8. The summed E-state index contributed by atoms with van der Waals surface area (Å²) < 4.78 is 1.74. The minimum Gasteiger partial charge on any atom is -0.342 e. The van der Waals surface area contributed by atoms with Gasteiger partial charge in [-0.2, -0.15) is 5.10 Å². The van der Waals surface area contributed by atoms with Gasteiger partial charge in [-0.1, -0.05) is 13.8 Å². The third-order valence-corrected chi connectivity index (χ3v) is 5.39. The number of hydrogen-bond donors (Lipinski definition) is 0. The molecule has 1 unspecified atom stereocenters. The quantitative estimate of drug-likeness (QED) is 0.865. The lowest BCUT2D eigenvalue weighted by Crippen LogP contribution is -2.39. The Labute approximate surface area is 141 Å². The molecule has 6 heteroatoms. The highest BCUT2D eigenvalue weighted by molar-refractivity contribution is 7.09. The first-order valence-electron chi connectivity index (χ1n) is 8.23. The lowest BCUT2D eigenvalue weighted by Gasteiger charge is -2.31. The lowest BCUT2D eigenvalue weighted by atomic mass is 9.98. The number of piperidine rings is 1. The molecular formula is C17H24N4OS. The van der Waals surface area contributed by atoms with E-state index in [4.69, 9.17) is 4.98 Å². The van der Waals surface area contributed by atoms with E-state index in [1.807, 2.05) is 18.1 Å². The number of hydrogen-bond acceptors (Lipinski definition) is 4. The van der Waals surface area contributed by atoms with Gasteiger partial charge in [0.2, 0.25) is 5.91 Å². The van der Waals surface area contributed by atoms with E-state index < -0.39 is 0 Å². The van der Waals surface area contributed by atoms with E-state index >= 15 is 0 Å². The van der Waals surface area contributed by atoms with Crippen molar-refractivity contribution in [3.05, 3.63) is 34.0 Å². The first kappa shape index (κ1) is 16.2. The molecule has 1 amide bonds. The zero-order chi connectivity index (χ0) is 16.4. The highest BCUT2D eigenvalue weighted by Gasteiger charge is 2.27. The number of aryl methyl sites for hydroxylation is 1. The Hall–Kier alpha value is -1.69. The molecule has 124 valence electrons. The molecule has 23 heavy (non-hydrogen) atoms. The third kappa shape index (κ3) is 3.80. The molecule has 2 aromatic rings. The van der Waals surface area contributed by atoms with E-state index in [2.05, 4.69) is 24.3 Å². The van der Waals surface area contributed by atoms with Crippen LogP contribution in [-0.4, -0.2) is 38.7 Å². The molecular weight excluding hydrogens is 308 g/mol. The summed E-state index contributed by atoms with van der Waals surface area (Å²) in [6.07, 6.45) is 6.31. The highest BCUT2D eigenvalue weighted by atomic mass is 32.1. The van der Waals surface area contributed by atoms with Gasteiger partial charge < -0.3 is 4.90 Å². The second kappa shape index (κ2) is 6.83. The molecule has 5 nitrogen and oxygen atoms in total. The van der Waals surface area contributed by atoms with Crippen LogP contribution >= 0.6 is 11.3 Å². The van der Waals surface area contributed by atoms with E-state index in [1.165, 1.54) is 10.7 Å². The highest BCUT2D eigenvalue weighted by Crippen LogP contribution is 2.31. The van der Waals surface area contributed by atoms with Crippen LogP contribution in [0.5, 0.6) is 0 Å². The fourth-order valence-electron chi connectivity index (χ4n) is 3.01. The lowest BCUT2D eigenvalue weighted by molar-refractivity contribution is -0.131. The van der Waals surface area contributed by atoms with Gasteiger partial charge in [0, 0.05) is 37.6 Å². The monoisotopic (exact) mass is 332 g/mol. The molecule has 3 rings (SSSR count). The maximum atomic E-state index is 12.5. The van der Waals surface area contributed by atoms with Gasteiger partial charge in [-0.05, 0) is 24.3 Å². The van der Waals surface area contributed by atoms with E-state index in [1.54, 1.807) is 22.2 Å². The van der Waals surface area contributed by atoms with Crippen LogP contribution < -0.4 is 0 Å². The molecule has 2 aromatic heterocycles. The molecule has 1 saturated heterocycles. The van der Waals surface area contributed by atoms with Gasteiger partial charge in [0.15, 0.2) is 0 Å². The van der Waals surface area contributed by atoms with Crippen molar-refractivity contribution in [2.24, 2.45) is 7.05 Å². The fraction of sp³-hybridized carbons (Fsp3) is 0.588. The van der Waals surface area contributed by atoms with Gasteiger partial charge in [-0.15, -0.1) is 11.3 Å². The molecule has 1 fully saturated rings. The third-order valence-electron chi connectivity index (χ3n) is 4.37. The normalized spacial score (nSPS) is 18.6. The van der Waals surface area contributed by atoms with Crippen molar-refractivity contribution in [1.29, 1.82) is 0 Å². The minimum atomic E-state index is 0.198. The zero-order valence-electron chi connectivity index (χ0n) is 14.0. The van der Waals surface area contributed by atoms with Crippen LogP contribution in [0.2, 0.25) is 0 Å². The number of thiazole rings is 1. The van der Waals surface area contributed by atoms with Gasteiger partial charge in [0.1, 0.15) is 0 Å². The average molecular weight is 332 g/mol. The molecule has 1 atom stereocenters. The number of carbonyl (C=O) groups excluding carboxylic acids is 1. The SMILES string of the molecule is CC(C)c1csc(C2CCCN(C(=O)Cc3cnn(C)c3)C2)n1. The van der Waals surface area contributed by atoms with Crippen molar-refractivity contribution in [2.45, 2.75) is 44.9 Å². The molecule has 0 aromatic carbocycles. The van der Waals surface area contributed by atoms with Gasteiger partial charge in [-0.3, -0.25) is 9.48 Å². The summed E-state index contributed by atoms with van der Waals surface area (Å²) >= 11 is 1.74. The number of likely N-dealkylation sites (tertiary alicyclic amines) is 1. The Kier molecular flexibility index (Phi) is 4.80. The van der Waals surface area contributed by atoms with Crippen LogP contribution in [0.3, 0.4) is 0 Å². The molecule has 3 heterocycles. The van der Waals surface area contributed by atoms with Gasteiger partial charge in [0.05, 0.1) is 23.3 Å². The van der Waals surface area contributed by atoms with Crippen LogP contribution in [0, 0.1) is 0 Å². The summed E-state index contributed by atoms with van der Waals surface area (Å²) in [5.74, 6) is 1.05. The summed E-state index contributed by atoms with van der Waals surface area (Å²) in [7, 11) is 1.87. The van der Waals surface area contributed by atoms with E-state index in [0.717, 1.165) is 31.5 Å². The molecule has 0 radical (unpaired) electrons. The van der Waals surface area contributed by atoms with Crippen molar-refractivity contribution in [3.63, 3.8) is 0 Å². The second-order valence-corrected chi connectivity index (χ2v) is 7.53. The second-order valence-electron chi connectivity index (χ2n) is 6.64. The van der Waals surface area contributed by atoms with E-state index in [-0.39, 0.29) is 5.91 Å². The number of aromatic nitrogens is 3. The molecule has 0 aliphatic carbocycles. The molecule has 0 spiro atoms. The maximum Gasteiger partial charge on any atom is 0.227 e. The van der Waals surface area contributed by atoms with E-state index in [0.29, 0.717) is 18.3 Å². The summed E-state index contributed by atoms with van der Waals surface area (Å²) in [5.41, 5.74) is 2.15. The van der Waals surface area contributed by atoms with Crippen molar-refractivity contribution in [1.82, 2.24) is 19.7 Å². The Bertz CT molecular complexity index is 676. The Morgan fingerprint density at radius 2 is 2.30 bits per heavy atom. The molecule has 0 N–H and O–H groups in total. The standard InChI is InChI=1S/C17H24N4OS/c1-12(2)15-11-23-17(19-15)14-5-4-6-21(10-14)16(22)7-13-8-18-20(3)9-13/h8-9,11-12,14H,4-7,10H2,1-3H3. The van der Waals surface area contributed by atoms with Crippen molar-refractivity contribution >= 4 is 17.2 Å². The van der Waals surface area contributed by atoms with E-state index in [9.17, 15) is 4.79 Å². The summed E-state index contributed by atoms with van der Waals surface area (Å²) in [6.45, 7) is 6.00. The average Bonchev–Trinajstić information content (AvgIpc) is 3.17. The smallest absolute Gasteiger partial charge is 0.227 e. The molecule has 1 aliphatic heterocycles. The van der Waals surface area contributed by atoms with Crippen molar-refractivity contribution < 1.29 is 4.79 Å². The molecule has 1 aliphatic rings. The Balaban J connectivity index is 1.64. The minimum absolute atomic E-state index is 0.198. The van der Waals surface area contributed by atoms with Crippen LogP contribution in [0.15, 0.2) is 17.8 Å². The fourth-order valence-corrected chi connectivity index (χ4v) is 4.12. The van der Waals surface area contributed by atoms with Crippen molar-refractivity contribution in [2.75, 3.05) is 13.1 Å². The van der Waals surface area contributed by atoms with Crippen LogP contribution in [0.25, 0.3) is 0 Å². The van der Waals surface area contributed by atoms with Gasteiger partial charge in [-0.25, -0.2) is 4.98 Å². The summed E-state index contributed by atoms with van der Waals surface area (Å²) in [4.78, 5) is 19.3. The molecule has 0 saturated carbocycles. The number of carbonyl (C=O) groups is 1. The number of amides is 1. The van der Waals surface area contributed by atoms with Crippen LogP contribution in [0.1, 0.15) is 54.8 Å². The van der Waals surface area contributed by atoms with Crippen LogP contribution in [0.4, 0.5) is 0 Å². The Morgan fingerprint density at radius 1 is 1.48 bits per heavy atom. The first-order chi connectivity index (χ1) is 11.0. The predicted molar refractivity (Wildman–Crippen MR) is 91.7 cm³/mol. The van der Waals surface area contributed by atoms with Crippen molar-refractivity contribution in [3.8, 4) is 0 Å². The summed E-state index contributed by atoms with van der Waals surface area (Å²) in [5, 5.41) is 7.48. The van der Waals surface area contributed by atoms with Crippen LogP contribution in [-0.2, 0) is 18.3 Å². The summed E-state index contributed by atoms with van der Waals surface area (Å²) in [6, 6.07) is 0. The van der Waals surface area contributed by atoms with Gasteiger partial charge >= 0.3 is 0 Å². The maximum absolute atomic E-state index is 12.5. The molecule has 0 bridgehead atoms. The number of rotatable bonds is 4. The largest absolute Gasteiger partial charge is 0.342 e. The first-order valence-corrected chi connectivity index (χ1v) is 9.11. The predicted octanol–water partition coefficient (Wildman–Crippen LogP) is 2.95. The van der Waals surface area contributed by atoms with Gasteiger partial charge in [0.25, 0.3) is 0 Å². The number of nitrogens with zero attached hydrogens (tertiary/aromatic N) is 4.